The maximum Gasteiger partial charge on any atom is 0.257 e. The predicted octanol–water partition coefficient (Wildman–Crippen LogP) is 0.914. The number of aryl methyl sites for hydroxylation is 1. The minimum atomic E-state index is -3.21. The molecule has 7 heteroatoms. The van der Waals surface area contributed by atoms with E-state index in [1.165, 1.54) is 10.6 Å². The maximum atomic E-state index is 11.7. The number of amides is 1. The summed E-state index contributed by atoms with van der Waals surface area (Å²) in [4.78, 5) is 11.7. The zero-order chi connectivity index (χ0) is 16.2. The molecule has 22 heavy (non-hydrogen) atoms. The number of sulfonamides is 1. The monoisotopic (exact) mass is 326 g/mol. The summed E-state index contributed by atoms with van der Waals surface area (Å²) in [6.07, 6.45) is 3.00. The molecule has 0 saturated heterocycles. The first kappa shape index (κ1) is 16.8. The van der Waals surface area contributed by atoms with Crippen molar-refractivity contribution in [1.29, 1.82) is 0 Å². The molecule has 0 heterocycles. The van der Waals surface area contributed by atoms with Gasteiger partial charge in [0.2, 0.25) is 10.0 Å². The molecule has 0 aromatic heterocycles. The Morgan fingerprint density at radius 3 is 2.50 bits per heavy atom. The number of ether oxygens (including phenoxy) is 1. The van der Waals surface area contributed by atoms with E-state index in [0.29, 0.717) is 18.8 Å². The van der Waals surface area contributed by atoms with Crippen molar-refractivity contribution >= 4 is 15.9 Å². The van der Waals surface area contributed by atoms with E-state index < -0.39 is 10.0 Å². The van der Waals surface area contributed by atoms with Crippen LogP contribution in [0.4, 0.5) is 0 Å². The van der Waals surface area contributed by atoms with E-state index >= 15 is 0 Å². The molecule has 1 aliphatic carbocycles. The van der Waals surface area contributed by atoms with Gasteiger partial charge in [-0.05, 0) is 31.9 Å². The van der Waals surface area contributed by atoms with Crippen LogP contribution < -0.4 is 10.1 Å². The fourth-order valence-corrected chi connectivity index (χ4v) is 3.30. The topological polar surface area (TPSA) is 75.7 Å². The standard InChI is InChI=1S/C15H22N2O4S/c1-12-3-7-14(8-4-12)21-11-15(18)16-9-10-17(13-5-6-13)22(2,19)20/h3-4,7-8,13H,5-6,9-11H2,1-2H3,(H,16,18). The van der Waals surface area contributed by atoms with Crippen molar-refractivity contribution in [2.45, 2.75) is 25.8 Å². The molecule has 122 valence electrons. The van der Waals surface area contributed by atoms with E-state index in [4.69, 9.17) is 4.74 Å². The van der Waals surface area contributed by atoms with Gasteiger partial charge in [-0.2, -0.15) is 4.31 Å². The minimum absolute atomic E-state index is 0.0780. The van der Waals surface area contributed by atoms with Gasteiger partial charge in [0.25, 0.3) is 5.91 Å². The lowest BCUT2D eigenvalue weighted by Crippen LogP contribution is -2.40. The highest BCUT2D eigenvalue weighted by molar-refractivity contribution is 7.88. The van der Waals surface area contributed by atoms with Gasteiger partial charge in [-0.3, -0.25) is 4.79 Å². The van der Waals surface area contributed by atoms with Crippen LogP contribution in [0.15, 0.2) is 24.3 Å². The van der Waals surface area contributed by atoms with Gasteiger partial charge in [0, 0.05) is 19.1 Å². The molecule has 0 aliphatic heterocycles. The molecule has 0 spiro atoms. The minimum Gasteiger partial charge on any atom is -0.484 e. The number of hydrogen-bond donors (Lipinski definition) is 1. The molecule has 1 aliphatic rings. The largest absolute Gasteiger partial charge is 0.484 e. The van der Waals surface area contributed by atoms with E-state index in [2.05, 4.69) is 5.32 Å². The van der Waals surface area contributed by atoms with Crippen LogP contribution in [0.25, 0.3) is 0 Å². The second-order valence-corrected chi connectivity index (χ2v) is 7.49. The molecule has 0 bridgehead atoms. The lowest BCUT2D eigenvalue weighted by molar-refractivity contribution is -0.123. The van der Waals surface area contributed by atoms with E-state index in [-0.39, 0.29) is 18.6 Å². The maximum absolute atomic E-state index is 11.7. The van der Waals surface area contributed by atoms with Gasteiger partial charge < -0.3 is 10.1 Å². The predicted molar refractivity (Wildman–Crippen MR) is 84.3 cm³/mol. The molecule has 1 aromatic carbocycles. The molecule has 1 N–H and O–H groups in total. The second kappa shape index (κ2) is 7.11. The van der Waals surface area contributed by atoms with Crippen LogP contribution in [-0.4, -0.2) is 50.6 Å². The first-order chi connectivity index (χ1) is 10.4. The van der Waals surface area contributed by atoms with E-state index in [0.717, 1.165) is 18.4 Å². The molecule has 1 fully saturated rings. The Morgan fingerprint density at radius 1 is 1.32 bits per heavy atom. The SMILES string of the molecule is Cc1ccc(OCC(=O)NCCN(C2CC2)S(C)(=O)=O)cc1. The highest BCUT2D eigenvalue weighted by atomic mass is 32.2. The van der Waals surface area contributed by atoms with Crippen LogP contribution in [0.3, 0.4) is 0 Å². The average molecular weight is 326 g/mol. The first-order valence-electron chi connectivity index (χ1n) is 7.29. The molecule has 1 aromatic rings. The quantitative estimate of drug-likeness (QED) is 0.770. The van der Waals surface area contributed by atoms with Gasteiger partial charge in [0.15, 0.2) is 6.61 Å². The van der Waals surface area contributed by atoms with Crippen molar-refractivity contribution in [3.05, 3.63) is 29.8 Å². The summed E-state index contributed by atoms with van der Waals surface area (Å²) in [5.41, 5.74) is 1.12. The summed E-state index contributed by atoms with van der Waals surface area (Å²) < 4.78 is 30.0. The molecule has 1 saturated carbocycles. The molecule has 6 nitrogen and oxygen atoms in total. The van der Waals surface area contributed by atoms with Crippen LogP contribution >= 0.6 is 0 Å². The number of carbonyl (C=O) groups is 1. The number of carbonyl (C=O) groups excluding carboxylic acids is 1. The van der Waals surface area contributed by atoms with Crippen molar-refractivity contribution in [3.8, 4) is 5.75 Å². The Hall–Kier alpha value is -1.60. The van der Waals surface area contributed by atoms with E-state index in [1.807, 2.05) is 19.1 Å². The number of hydrogen-bond acceptors (Lipinski definition) is 4. The van der Waals surface area contributed by atoms with Gasteiger partial charge >= 0.3 is 0 Å². The molecule has 0 unspecified atom stereocenters. The smallest absolute Gasteiger partial charge is 0.257 e. The number of benzene rings is 1. The van der Waals surface area contributed by atoms with Gasteiger partial charge in [0.1, 0.15) is 5.75 Å². The van der Waals surface area contributed by atoms with Crippen LogP contribution in [0.1, 0.15) is 18.4 Å². The Balaban J connectivity index is 1.70. The van der Waals surface area contributed by atoms with Crippen molar-refractivity contribution in [2.75, 3.05) is 26.0 Å². The fourth-order valence-electron chi connectivity index (χ4n) is 2.12. The van der Waals surface area contributed by atoms with Crippen LogP contribution in [0.2, 0.25) is 0 Å². The van der Waals surface area contributed by atoms with E-state index in [9.17, 15) is 13.2 Å². The second-order valence-electron chi connectivity index (χ2n) is 5.56. The zero-order valence-electron chi connectivity index (χ0n) is 12.9. The van der Waals surface area contributed by atoms with Crippen LogP contribution in [0.5, 0.6) is 5.75 Å². The molecule has 1 amide bonds. The van der Waals surface area contributed by atoms with Gasteiger partial charge in [-0.25, -0.2) is 8.42 Å². The Morgan fingerprint density at radius 2 is 1.95 bits per heavy atom. The van der Waals surface area contributed by atoms with Crippen molar-refractivity contribution in [2.24, 2.45) is 0 Å². The van der Waals surface area contributed by atoms with Crippen molar-refractivity contribution in [3.63, 3.8) is 0 Å². The van der Waals surface area contributed by atoms with Crippen LogP contribution in [0, 0.1) is 6.92 Å². The summed E-state index contributed by atoms with van der Waals surface area (Å²) in [6.45, 7) is 2.49. The Kier molecular flexibility index (Phi) is 5.42. The number of nitrogens with zero attached hydrogens (tertiary/aromatic N) is 1. The van der Waals surface area contributed by atoms with Crippen molar-refractivity contribution < 1.29 is 17.9 Å². The zero-order valence-corrected chi connectivity index (χ0v) is 13.7. The summed E-state index contributed by atoms with van der Waals surface area (Å²) in [7, 11) is -3.21. The third-order valence-corrected chi connectivity index (χ3v) is 4.76. The summed E-state index contributed by atoms with van der Waals surface area (Å²) >= 11 is 0. The van der Waals surface area contributed by atoms with Gasteiger partial charge in [-0.1, -0.05) is 17.7 Å². The normalized spacial score (nSPS) is 14.9. The number of nitrogens with one attached hydrogen (secondary N) is 1. The Bertz CT molecular complexity index is 609. The van der Waals surface area contributed by atoms with Crippen molar-refractivity contribution in [1.82, 2.24) is 9.62 Å². The summed E-state index contributed by atoms with van der Waals surface area (Å²) in [6, 6.07) is 7.54. The highest BCUT2D eigenvalue weighted by Gasteiger charge is 2.34. The summed E-state index contributed by atoms with van der Waals surface area (Å²) in [5.74, 6) is 0.376. The van der Waals surface area contributed by atoms with E-state index in [1.54, 1.807) is 12.1 Å². The molecular weight excluding hydrogens is 304 g/mol. The molecule has 0 radical (unpaired) electrons. The first-order valence-corrected chi connectivity index (χ1v) is 9.14. The van der Waals surface area contributed by atoms with Gasteiger partial charge in [-0.15, -0.1) is 0 Å². The van der Waals surface area contributed by atoms with Crippen LogP contribution in [-0.2, 0) is 14.8 Å². The molecular formula is C15H22N2O4S. The average Bonchev–Trinajstić information content (AvgIpc) is 3.26. The third-order valence-electron chi connectivity index (χ3n) is 3.43. The lowest BCUT2D eigenvalue weighted by Gasteiger charge is -2.19. The fraction of sp³-hybridized carbons (Fsp3) is 0.533. The Labute approximate surface area is 131 Å². The highest BCUT2D eigenvalue weighted by Crippen LogP contribution is 2.28. The molecule has 2 rings (SSSR count). The summed E-state index contributed by atoms with van der Waals surface area (Å²) in [5, 5.41) is 2.68. The van der Waals surface area contributed by atoms with Gasteiger partial charge in [0.05, 0.1) is 6.26 Å². The molecule has 0 atom stereocenters. The number of rotatable bonds is 8. The third kappa shape index (κ3) is 5.31. The lowest BCUT2D eigenvalue weighted by atomic mass is 10.2.